The smallest absolute Gasteiger partial charge is 0.223 e. The number of fused-ring (bicyclic) bond motifs is 1. The second-order valence-corrected chi connectivity index (χ2v) is 6.43. The van der Waals surface area contributed by atoms with E-state index >= 15 is 0 Å². The van der Waals surface area contributed by atoms with E-state index in [0.29, 0.717) is 38.4 Å². The fraction of sp³-hybridized carbons (Fsp3) is 0.368. The number of hydrogen-bond acceptors (Lipinski definition) is 5. The lowest BCUT2D eigenvalue weighted by Gasteiger charge is -2.32. The topological polar surface area (TPSA) is 84.0 Å². The molecule has 1 N–H and O–H groups in total. The Balaban J connectivity index is 1.38. The second-order valence-electron chi connectivity index (χ2n) is 6.43. The van der Waals surface area contributed by atoms with Gasteiger partial charge in [0.2, 0.25) is 5.91 Å². The Hall–Kier alpha value is -2.80. The average molecular weight is 351 g/mol. The van der Waals surface area contributed by atoms with Gasteiger partial charge >= 0.3 is 0 Å². The number of rotatable bonds is 4. The van der Waals surface area contributed by atoms with E-state index < -0.39 is 0 Å². The molecule has 7 nitrogen and oxygen atoms in total. The number of para-hydroxylation sites is 2. The summed E-state index contributed by atoms with van der Waals surface area (Å²) in [6.07, 6.45) is 2.56. The van der Waals surface area contributed by atoms with Crippen LogP contribution in [-0.4, -0.2) is 50.4 Å². The molecule has 134 valence electrons. The molecule has 4 rings (SSSR count). The Morgan fingerprint density at radius 2 is 2.19 bits per heavy atom. The molecule has 1 amide bonds. The zero-order valence-electron chi connectivity index (χ0n) is 14.7. The first-order chi connectivity index (χ1) is 12.7. The van der Waals surface area contributed by atoms with Crippen LogP contribution in [0.25, 0.3) is 11.0 Å². The number of ether oxygens (including phenoxy) is 1. The number of benzene rings is 1. The molecule has 0 unspecified atom stereocenters. The van der Waals surface area contributed by atoms with Crippen molar-refractivity contribution in [3.63, 3.8) is 0 Å². The minimum absolute atomic E-state index is 0.115. The predicted octanol–water partition coefficient (Wildman–Crippen LogP) is 2.19. The van der Waals surface area contributed by atoms with Crippen LogP contribution >= 0.6 is 0 Å². The van der Waals surface area contributed by atoms with Crippen molar-refractivity contribution >= 4 is 16.9 Å². The van der Waals surface area contributed by atoms with Crippen molar-refractivity contribution in [3.05, 3.63) is 53.9 Å². The van der Waals surface area contributed by atoms with E-state index in [0.717, 1.165) is 22.6 Å². The molecular weight excluding hydrogens is 330 g/mol. The molecule has 26 heavy (non-hydrogen) atoms. The van der Waals surface area contributed by atoms with Crippen LogP contribution in [0.4, 0.5) is 0 Å². The van der Waals surface area contributed by atoms with Gasteiger partial charge in [-0.2, -0.15) is 0 Å². The Kier molecular flexibility index (Phi) is 4.62. The standard InChI is InChI=1S/C19H21N5O2/c1-13-20-9-8-16(21-13)17-12-24(10-11-26-17)19(25)7-6-18-22-14-4-2-3-5-15(14)23-18/h2-5,8-9,17H,6-7,10-12H2,1H3,(H,22,23)/t17-/m0/s1. The molecule has 1 aliphatic heterocycles. The summed E-state index contributed by atoms with van der Waals surface area (Å²) < 4.78 is 5.80. The highest BCUT2D eigenvalue weighted by molar-refractivity contribution is 5.77. The number of aromatic nitrogens is 4. The molecule has 7 heteroatoms. The molecule has 1 aromatic carbocycles. The minimum Gasteiger partial charge on any atom is -0.368 e. The number of carbonyl (C=O) groups excluding carboxylic acids is 1. The van der Waals surface area contributed by atoms with E-state index in [-0.39, 0.29) is 12.0 Å². The lowest BCUT2D eigenvalue weighted by molar-refractivity contribution is -0.139. The van der Waals surface area contributed by atoms with E-state index in [1.807, 2.05) is 42.2 Å². The predicted molar refractivity (Wildman–Crippen MR) is 96.5 cm³/mol. The first-order valence-electron chi connectivity index (χ1n) is 8.81. The van der Waals surface area contributed by atoms with E-state index in [1.54, 1.807) is 6.20 Å². The monoisotopic (exact) mass is 351 g/mol. The average Bonchev–Trinajstić information content (AvgIpc) is 3.09. The normalized spacial score (nSPS) is 17.6. The highest BCUT2D eigenvalue weighted by Gasteiger charge is 2.26. The third kappa shape index (κ3) is 3.57. The number of hydrogen-bond donors (Lipinski definition) is 1. The first kappa shape index (κ1) is 16.7. The summed E-state index contributed by atoms with van der Waals surface area (Å²) in [6, 6.07) is 9.73. The highest BCUT2D eigenvalue weighted by atomic mass is 16.5. The van der Waals surface area contributed by atoms with Gasteiger partial charge in [0.25, 0.3) is 0 Å². The number of morpholine rings is 1. The summed E-state index contributed by atoms with van der Waals surface area (Å²) in [6.45, 7) is 3.50. The highest BCUT2D eigenvalue weighted by Crippen LogP contribution is 2.21. The van der Waals surface area contributed by atoms with E-state index in [4.69, 9.17) is 4.74 Å². The molecule has 1 saturated heterocycles. The number of imidazole rings is 1. The quantitative estimate of drug-likeness (QED) is 0.779. The van der Waals surface area contributed by atoms with Crippen molar-refractivity contribution in [2.24, 2.45) is 0 Å². The third-order valence-electron chi connectivity index (χ3n) is 4.56. The maximum Gasteiger partial charge on any atom is 0.223 e. The number of carbonyl (C=O) groups is 1. The molecule has 0 radical (unpaired) electrons. The van der Waals surface area contributed by atoms with Gasteiger partial charge in [0.05, 0.1) is 29.9 Å². The van der Waals surface area contributed by atoms with Crippen LogP contribution in [0.2, 0.25) is 0 Å². The maximum absolute atomic E-state index is 12.6. The Morgan fingerprint density at radius 3 is 3.04 bits per heavy atom. The van der Waals surface area contributed by atoms with Crippen molar-refractivity contribution in [3.8, 4) is 0 Å². The van der Waals surface area contributed by atoms with Gasteiger partial charge in [0, 0.05) is 25.6 Å². The van der Waals surface area contributed by atoms with Gasteiger partial charge < -0.3 is 14.6 Å². The maximum atomic E-state index is 12.6. The van der Waals surface area contributed by atoms with E-state index in [1.165, 1.54) is 0 Å². The molecule has 0 bridgehead atoms. The summed E-state index contributed by atoms with van der Waals surface area (Å²) in [5.41, 5.74) is 2.76. The zero-order chi connectivity index (χ0) is 17.9. The summed E-state index contributed by atoms with van der Waals surface area (Å²) >= 11 is 0. The summed E-state index contributed by atoms with van der Waals surface area (Å²) in [7, 11) is 0. The SMILES string of the molecule is Cc1nccc([C@@H]2CN(C(=O)CCc3nc4ccccc4[nH]3)CCO2)n1. The summed E-state index contributed by atoms with van der Waals surface area (Å²) in [5.74, 6) is 1.67. The van der Waals surface area contributed by atoms with E-state index in [9.17, 15) is 4.79 Å². The van der Waals surface area contributed by atoms with Gasteiger partial charge in [-0.15, -0.1) is 0 Å². The Bertz CT molecular complexity index is 890. The van der Waals surface area contributed by atoms with Gasteiger partial charge in [0.1, 0.15) is 17.8 Å². The van der Waals surface area contributed by atoms with Gasteiger partial charge in [-0.3, -0.25) is 4.79 Å². The molecular formula is C19H21N5O2. The van der Waals surface area contributed by atoms with Crippen LogP contribution in [0, 0.1) is 6.92 Å². The Morgan fingerprint density at radius 1 is 1.31 bits per heavy atom. The van der Waals surface area contributed by atoms with Crippen molar-refractivity contribution in [2.75, 3.05) is 19.7 Å². The van der Waals surface area contributed by atoms with Crippen LogP contribution < -0.4 is 0 Å². The lowest BCUT2D eigenvalue weighted by atomic mass is 10.1. The number of amides is 1. The van der Waals surface area contributed by atoms with Gasteiger partial charge in [-0.1, -0.05) is 12.1 Å². The number of H-pyrrole nitrogens is 1. The molecule has 0 saturated carbocycles. The summed E-state index contributed by atoms with van der Waals surface area (Å²) in [4.78, 5) is 30.8. The molecule has 0 spiro atoms. The van der Waals surface area contributed by atoms with Gasteiger partial charge in [-0.05, 0) is 25.1 Å². The third-order valence-corrected chi connectivity index (χ3v) is 4.56. The number of aromatic amines is 1. The van der Waals surface area contributed by atoms with Crippen LogP contribution in [0.1, 0.15) is 29.9 Å². The van der Waals surface area contributed by atoms with Crippen molar-refractivity contribution in [1.29, 1.82) is 0 Å². The molecule has 2 aromatic heterocycles. The van der Waals surface area contributed by atoms with Crippen LogP contribution in [0.5, 0.6) is 0 Å². The second kappa shape index (κ2) is 7.21. The van der Waals surface area contributed by atoms with Crippen molar-refractivity contribution < 1.29 is 9.53 Å². The number of nitrogens with zero attached hydrogens (tertiary/aromatic N) is 4. The van der Waals surface area contributed by atoms with Crippen LogP contribution in [0.3, 0.4) is 0 Å². The summed E-state index contributed by atoms with van der Waals surface area (Å²) in [5, 5.41) is 0. The minimum atomic E-state index is -0.194. The fourth-order valence-corrected chi connectivity index (χ4v) is 3.22. The first-order valence-corrected chi connectivity index (χ1v) is 8.81. The van der Waals surface area contributed by atoms with Crippen molar-refractivity contribution in [1.82, 2.24) is 24.8 Å². The Labute approximate surface area is 151 Å². The van der Waals surface area contributed by atoms with Crippen molar-refractivity contribution in [2.45, 2.75) is 25.9 Å². The molecule has 1 fully saturated rings. The van der Waals surface area contributed by atoms with Gasteiger partial charge in [-0.25, -0.2) is 15.0 Å². The molecule has 1 atom stereocenters. The van der Waals surface area contributed by atoms with Crippen LogP contribution in [0.15, 0.2) is 36.5 Å². The molecule has 1 aliphatic rings. The largest absolute Gasteiger partial charge is 0.368 e. The molecule has 3 heterocycles. The molecule has 0 aliphatic carbocycles. The zero-order valence-corrected chi connectivity index (χ0v) is 14.7. The fourth-order valence-electron chi connectivity index (χ4n) is 3.22. The van der Waals surface area contributed by atoms with Crippen LogP contribution in [-0.2, 0) is 16.0 Å². The van der Waals surface area contributed by atoms with E-state index in [2.05, 4.69) is 19.9 Å². The lowest BCUT2D eigenvalue weighted by Crippen LogP contribution is -2.42. The molecule has 3 aromatic rings. The van der Waals surface area contributed by atoms with Gasteiger partial charge in [0.15, 0.2) is 0 Å². The number of nitrogens with one attached hydrogen (secondary N) is 1. The number of aryl methyl sites for hydroxylation is 2.